The van der Waals surface area contributed by atoms with Crippen LogP contribution in [0.3, 0.4) is 0 Å². The van der Waals surface area contributed by atoms with E-state index in [2.05, 4.69) is 41.0 Å². The Morgan fingerprint density at radius 2 is 1.96 bits per heavy atom. The second kappa shape index (κ2) is 7.55. The molecule has 1 saturated heterocycles. The van der Waals surface area contributed by atoms with E-state index in [1.165, 1.54) is 16.3 Å². The first-order valence-corrected chi connectivity index (χ1v) is 8.81. The molecule has 2 aromatic rings. The summed E-state index contributed by atoms with van der Waals surface area (Å²) in [6.07, 6.45) is 1.59. The van der Waals surface area contributed by atoms with Crippen molar-refractivity contribution in [1.29, 1.82) is 0 Å². The number of fused-ring (bicyclic) bond motifs is 1. The molecule has 0 aliphatic carbocycles. The van der Waals surface area contributed by atoms with Gasteiger partial charge in [0.1, 0.15) is 0 Å². The number of likely N-dealkylation sites (tertiary alicyclic amines) is 1. The smallest absolute Gasteiger partial charge is 0.315 e. The minimum atomic E-state index is -0.163. The molecule has 5 nitrogen and oxygen atoms in total. The summed E-state index contributed by atoms with van der Waals surface area (Å²) in [7, 11) is 0. The molecule has 1 heterocycles. The first-order chi connectivity index (χ1) is 12.0. The van der Waals surface area contributed by atoms with Crippen molar-refractivity contribution in [1.82, 2.24) is 15.5 Å². The summed E-state index contributed by atoms with van der Waals surface area (Å²) in [6.45, 7) is 4.88. The van der Waals surface area contributed by atoms with Crippen molar-refractivity contribution in [3.63, 3.8) is 0 Å². The highest BCUT2D eigenvalue weighted by Gasteiger charge is 2.25. The standard InChI is InChI=1S/C20H25N3O2/c1-14(11-16-7-8-17-5-3-4-6-18(17)12-16)21-20(25)22-19-9-10-23(13-19)15(2)24/h3-8,12,14,19H,9-11,13H2,1-2H3,(H2,21,22,25)/t14-,19-/m0/s1. The van der Waals surface area contributed by atoms with Crippen molar-refractivity contribution >= 4 is 22.7 Å². The van der Waals surface area contributed by atoms with Gasteiger partial charge in [-0.15, -0.1) is 0 Å². The molecule has 25 heavy (non-hydrogen) atoms. The van der Waals surface area contributed by atoms with E-state index >= 15 is 0 Å². The van der Waals surface area contributed by atoms with Crippen molar-refractivity contribution in [2.75, 3.05) is 13.1 Å². The largest absolute Gasteiger partial charge is 0.341 e. The average molecular weight is 339 g/mol. The summed E-state index contributed by atoms with van der Waals surface area (Å²) in [6, 6.07) is 14.6. The average Bonchev–Trinajstić information content (AvgIpc) is 3.03. The quantitative estimate of drug-likeness (QED) is 0.900. The summed E-state index contributed by atoms with van der Waals surface area (Å²) in [4.78, 5) is 25.3. The van der Waals surface area contributed by atoms with E-state index in [9.17, 15) is 9.59 Å². The lowest BCUT2D eigenvalue weighted by Gasteiger charge is -2.18. The molecule has 1 aliphatic rings. The van der Waals surface area contributed by atoms with Gasteiger partial charge in [-0.25, -0.2) is 4.79 Å². The molecule has 0 saturated carbocycles. The lowest BCUT2D eigenvalue weighted by atomic mass is 10.0. The third-order valence-corrected chi connectivity index (χ3v) is 4.70. The van der Waals surface area contributed by atoms with Crippen LogP contribution in [-0.2, 0) is 11.2 Å². The molecule has 0 unspecified atom stereocenters. The Morgan fingerprint density at radius 1 is 1.20 bits per heavy atom. The molecule has 2 atom stereocenters. The predicted octanol–water partition coefficient (Wildman–Crippen LogP) is 2.69. The van der Waals surface area contributed by atoms with Crippen molar-refractivity contribution in [2.45, 2.75) is 38.8 Å². The van der Waals surface area contributed by atoms with Gasteiger partial charge in [-0.3, -0.25) is 4.79 Å². The number of nitrogens with zero attached hydrogens (tertiary/aromatic N) is 1. The van der Waals surface area contributed by atoms with Crippen molar-refractivity contribution in [3.05, 3.63) is 48.0 Å². The van der Waals surface area contributed by atoms with Gasteiger partial charge in [0.15, 0.2) is 0 Å². The third-order valence-electron chi connectivity index (χ3n) is 4.70. The van der Waals surface area contributed by atoms with Crippen molar-refractivity contribution in [3.8, 4) is 0 Å². The van der Waals surface area contributed by atoms with Crippen LogP contribution in [0.15, 0.2) is 42.5 Å². The van der Waals surface area contributed by atoms with Gasteiger partial charge in [0.05, 0.1) is 0 Å². The number of nitrogens with one attached hydrogen (secondary N) is 2. The summed E-state index contributed by atoms with van der Waals surface area (Å²) in [5, 5.41) is 8.40. The normalized spacial score (nSPS) is 18.2. The molecule has 5 heteroatoms. The second-order valence-corrected chi connectivity index (χ2v) is 6.86. The Morgan fingerprint density at radius 3 is 2.68 bits per heavy atom. The maximum Gasteiger partial charge on any atom is 0.315 e. The van der Waals surface area contributed by atoms with E-state index in [1.807, 2.05) is 19.1 Å². The fraction of sp³-hybridized carbons (Fsp3) is 0.400. The summed E-state index contributed by atoms with van der Waals surface area (Å²) >= 11 is 0. The van der Waals surface area contributed by atoms with E-state index in [4.69, 9.17) is 0 Å². The Labute approximate surface area is 148 Å². The molecular formula is C20H25N3O2. The molecule has 3 amide bonds. The SMILES string of the molecule is CC(=O)N1CC[C@H](NC(=O)N[C@@H](C)Cc2ccc3ccccc3c2)C1. The highest BCUT2D eigenvalue weighted by Crippen LogP contribution is 2.16. The lowest BCUT2D eigenvalue weighted by Crippen LogP contribution is -2.47. The van der Waals surface area contributed by atoms with E-state index in [1.54, 1.807) is 11.8 Å². The molecule has 1 aliphatic heterocycles. The van der Waals surface area contributed by atoms with Crippen LogP contribution in [0.25, 0.3) is 10.8 Å². The molecule has 0 aromatic heterocycles. The van der Waals surface area contributed by atoms with Gasteiger partial charge in [0.25, 0.3) is 0 Å². The summed E-state index contributed by atoms with van der Waals surface area (Å²) in [5.41, 5.74) is 1.20. The third kappa shape index (κ3) is 4.50. The Kier molecular flexibility index (Phi) is 5.22. The minimum Gasteiger partial charge on any atom is -0.341 e. The first kappa shape index (κ1) is 17.3. The van der Waals surface area contributed by atoms with Crippen LogP contribution in [0.4, 0.5) is 4.79 Å². The van der Waals surface area contributed by atoms with E-state index in [0.29, 0.717) is 13.1 Å². The first-order valence-electron chi connectivity index (χ1n) is 8.81. The van der Waals surface area contributed by atoms with Gasteiger partial charge in [-0.1, -0.05) is 42.5 Å². The van der Waals surface area contributed by atoms with Crippen LogP contribution in [0.1, 0.15) is 25.8 Å². The minimum absolute atomic E-state index is 0.0338. The van der Waals surface area contributed by atoms with Gasteiger partial charge >= 0.3 is 6.03 Å². The lowest BCUT2D eigenvalue weighted by molar-refractivity contribution is -0.127. The highest BCUT2D eigenvalue weighted by molar-refractivity contribution is 5.83. The van der Waals surface area contributed by atoms with Gasteiger partial charge in [-0.05, 0) is 36.1 Å². The fourth-order valence-corrected chi connectivity index (χ4v) is 3.39. The van der Waals surface area contributed by atoms with Gasteiger partial charge in [-0.2, -0.15) is 0 Å². The van der Waals surface area contributed by atoms with Crippen LogP contribution in [-0.4, -0.2) is 42.0 Å². The van der Waals surface area contributed by atoms with Crippen LogP contribution >= 0.6 is 0 Å². The zero-order valence-corrected chi connectivity index (χ0v) is 14.8. The van der Waals surface area contributed by atoms with E-state index in [0.717, 1.165) is 12.8 Å². The molecule has 2 aromatic carbocycles. The predicted molar refractivity (Wildman–Crippen MR) is 99.4 cm³/mol. The molecule has 1 fully saturated rings. The van der Waals surface area contributed by atoms with Crippen LogP contribution < -0.4 is 10.6 Å². The summed E-state index contributed by atoms with van der Waals surface area (Å²) < 4.78 is 0. The number of rotatable bonds is 4. The monoisotopic (exact) mass is 339 g/mol. The van der Waals surface area contributed by atoms with Crippen LogP contribution in [0.2, 0.25) is 0 Å². The zero-order valence-electron chi connectivity index (χ0n) is 14.8. The molecule has 2 N–H and O–H groups in total. The number of hydrogen-bond acceptors (Lipinski definition) is 2. The topological polar surface area (TPSA) is 61.4 Å². The number of carbonyl (C=O) groups is 2. The van der Waals surface area contributed by atoms with Crippen LogP contribution in [0, 0.1) is 0 Å². The summed E-state index contributed by atoms with van der Waals surface area (Å²) in [5.74, 6) is 0.0642. The molecule has 0 spiro atoms. The molecule has 3 rings (SSSR count). The van der Waals surface area contributed by atoms with E-state index < -0.39 is 0 Å². The van der Waals surface area contributed by atoms with Gasteiger partial charge in [0, 0.05) is 32.1 Å². The number of benzene rings is 2. The number of urea groups is 1. The van der Waals surface area contributed by atoms with Crippen molar-refractivity contribution in [2.24, 2.45) is 0 Å². The molecule has 0 radical (unpaired) electrons. The Balaban J connectivity index is 1.50. The second-order valence-electron chi connectivity index (χ2n) is 6.86. The maximum absolute atomic E-state index is 12.2. The zero-order chi connectivity index (χ0) is 17.8. The Hall–Kier alpha value is -2.56. The van der Waals surface area contributed by atoms with Crippen LogP contribution in [0.5, 0.6) is 0 Å². The Bertz CT molecular complexity index is 774. The molecule has 0 bridgehead atoms. The highest BCUT2D eigenvalue weighted by atomic mass is 16.2. The fourth-order valence-electron chi connectivity index (χ4n) is 3.39. The number of carbonyl (C=O) groups excluding carboxylic acids is 2. The van der Waals surface area contributed by atoms with Crippen molar-refractivity contribution < 1.29 is 9.59 Å². The molecular weight excluding hydrogens is 314 g/mol. The number of amides is 3. The molecule has 132 valence electrons. The van der Waals surface area contributed by atoms with Gasteiger partial charge < -0.3 is 15.5 Å². The maximum atomic E-state index is 12.2. The van der Waals surface area contributed by atoms with E-state index in [-0.39, 0.29) is 24.0 Å². The number of hydrogen-bond donors (Lipinski definition) is 2. The van der Waals surface area contributed by atoms with Gasteiger partial charge in [0.2, 0.25) is 5.91 Å².